The molecule has 0 fully saturated rings. The van der Waals surface area contributed by atoms with Gasteiger partial charge in [-0.1, -0.05) is 18.2 Å². The zero-order chi connectivity index (χ0) is 19.8. The lowest BCUT2D eigenvalue weighted by Crippen LogP contribution is -2.35. The average molecular weight is 376 g/mol. The van der Waals surface area contributed by atoms with Crippen molar-refractivity contribution in [3.8, 4) is 5.75 Å². The number of aromatic hydroxyl groups is 1. The lowest BCUT2D eigenvalue weighted by molar-refractivity contribution is -0.133. The van der Waals surface area contributed by atoms with Gasteiger partial charge in [0.05, 0.1) is 5.57 Å². The molecule has 142 valence electrons. The number of phenolic OH excluding ortho intramolecular Hbond substituents is 1. The number of phenols is 1. The number of aromatic nitrogens is 1. The molecule has 0 radical (unpaired) electrons. The number of benzene rings is 1. The second-order valence-corrected chi connectivity index (χ2v) is 7.20. The lowest BCUT2D eigenvalue weighted by Gasteiger charge is -2.36. The minimum Gasteiger partial charge on any atom is -0.508 e. The number of Topliss-reactive ketones (excluding diaryl/α,β-unsaturated/α-hetero) is 1. The fourth-order valence-electron chi connectivity index (χ4n) is 4.21. The summed E-state index contributed by atoms with van der Waals surface area (Å²) in [7, 11) is 0. The highest BCUT2D eigenvalue weighted by Crippen LogP contribution is 2.45. The number of carboxylic acid groups (broad SMARTS) is 1. The molecular weight excluding hydrogens is 356 g/mol. The highest BCUT2D eigenvalue weighted by atomic mass is 16.4. The van der Waals surface area contributed by atoms with Gasteiger partial charge >= 0.3 is 5.97 Å². The Kier molecular flexibility index (Phi) is 4.47. The zero-order valence-electron chi connectivity index (χ0n) is 15.3. The first-order chi connectivity index (χ1) is 13.5. The van der Waals surface area contributed by atoms with Crippen LogP contribution in [0, 0.1) is 0 Å². The SMILES string of the molecule is CC1=C(C(=O)O)C(c2cccc(O)c2)C2=C(CC(c3cccnc3)CC2=O)N1. The van der Waals surface area contributed by atoms with Crippen LogP contribution in [0.1, 0.15) is 42.7 Å². The zero-order valence-corrected chi connectivity index (χ0v) is 15.3. The summed E-state index contributed by atoms with van der Waals surface area (Å²) in [5.74, 6) is -1.83. The summed E-state index contributed by atoms with van der Waals surface area (Å²) in [4.78, 5) is 29.3. The molecule has 0 amide bonds. The molecule has 1 aromatic heterocycles. The summed E-state index contributed by atoms with van der Waals surface area (Å²) < 4.78 is 0. The summed E-state index contributed by atoms with van der Waals surface area (Å²) >= 11 is 0. The number of hydrogen-bond acceptors (Lipinski definition) is 5. The molecule has 0 spiro atoms. The predicted molar refractivity (Wildman–Crippen MR) is 103 cm³/mol. The topological polar surface area (TPSA) is 99.5 Å². The number of hydrogen-bond donors (Lipinski definition) is 3. The molecule has 0 bridgehead atoms. The van der Waals surface area contributed by atoms with Crippen molar-refractivity contribution in [2.45, 2.75) is 31.6 Å². The molecular formula is C22H20N2O4. The molecule has 3 N–H and O–H groups in total. The van der Waals surface area contributed by atoms with E-state index in [9.17, 15) is 19.8 Å². The van der Waals surface area contributed by atoms with E-state index in [1.54, 1.807) is 31.5 Å². The second kappa shape index (κ2) is 6.96. The van der Waals surface area contributed by atoms with Crippen LogP contribution in [0.4, 0.5) is 0 Å². The number of carbonyl (C=O) groups excluding carboxylic acids is 1. The minimum atomic E-state index is -1.08. The number of pyridine rings is 1. The number of carbonyl (C=O) groups is 2. The maximum atomic E-state index is 13.2. The molecule has 2 heterocycles. The van der Waals surface area contributed by atoms with E-state index in [0.717, 1.165) is 11.3 Å². The minimum absolute atomic E-state index is 0.00328. The van der Waals surface area contributed by atoms with Gasteiger partial charge in [-0.2, -0.15) is 0 Å². The first-order valence-electron chi connectivity index (χ1n) is 9.12. The summed E-state index contributed by atoms with van der Waals surface area (Å²) in [5, 5.41) is 22.9. The van der Waals surface area contributed by atoms with Crippen molar-refractivity contribution in [2.24, 2.45) is 0 Å². The van der Waals surface area contributed by atoms with Crippen molar-refractivity contribution >= 4 is 11.8 Å². The maximum Gasteiger partial charge on any atom is 0.334 e. The van der Waals surface area contributed by atoms with Crippen LogP contribution in [0.25, 0.3) is 0 Å². The van der Waals surface area contributed by atoms with Gasteiger partial charge in [-0.3, -0.25) is 9.78 Å². The van der Waals surface area contributed by atoms with Crippen molar-refractivity contribution < 1.29 is 19.8 Å². The van der Waals surface area contributed by atoms with Crippen LogP contribution in [0.15, 0.2) is 71.3 Å². The molecule has 1 aromatic carbocycles. The average Bonchev–Trinajstić information content (AvgIpc) is 2.67. The van der Waals surface area contributed by atoms with Gasteiger partial charge in [-0.05, 0) is 48.6 Å². The van der Waals surface area contributed by atoms with Crippen LogP contribution in [-0.4, -0.2) is 26.9 Å². The Balaban J connectivity index is 1.82. The van der Waals surface area contributed by atoms with E-state index in [4.69, 9.17) is 0 Å². The van der Waals surface area contributed by atoms with Crippen molar-refractivity contribution in [3.05, 3.63) is 82.5 Å². The van der Waals surface area contributed by atoms with E-state index in [-0.39, 0.29) is 23.0 Å². The van der Waals surface area contributed by atoms with Crippen molar-refractivity contribution in [1.29, 1.82) is 0 Å². The fourth-order valence-corrected chi connectivity index (χ4v) is 4.21. The quantitative estimate of drug-likeness (QED) is 0.761. The first-order valence-corrected chi connectivity index (χ1v) is 9.12. The normalized spacial score (nSPS) is 22.0. The summed E-state index contributed by atoms with van der Waals surface area (Å²) in [6.45, 7) is 1.71. The Labute approximate surface area is 162 Å². The number of nitrogens with one attached hydrogen (secondary N) is 1. The van der Waals surface area contributed by atoms with Crippen LogP contribution in [-0.2, 0) is 9.59 Å². The Hall–Kier alpha value is -3.41. The number of nitrogens with zero attached hydrogens (tertiary/aromatic N) is 1. The third-order valence-corrected chi connectivity index (χ3v) is 5.42. The predicted octanol–water partition coefficient (Wildman–Crippen LogP) is 3.23. The van der Waals surface area contributed by atoms with Gasteiger partial charge in [-0.25, -0.2) is 4.79 Å². The van der Waals surface area contributed by atoms with Crippen molar-refractivity contribution in [3.63, 3.8) is 0 Å². The smallest absolute Gasteiger partial charge is 0.334 e. The number of allylic oxidation sites excluding steroid dienone is 3. The van der Waals surface area contributed by atoms with Gasteiger partial charge in [0.25, 0.3) is 0 Å². The standard InChI is InChI=1S/C22H20N2O4/c1-12-19(22(27)28)20(13-4-2-6-16(25)8-13)21-17(24-12)9-15(10-18(21)26)14-5-3-7-23-11-14/h2-8,11,15,20,24-25H,9-10H2,1H3,(H,27,28). The first kappa shape index (κ1) is 18.0. The Bertz CT molecular complexity index is 1020. The van der Waals surface area contributed by atoms with Gasteiger partial charge in [0, 0.05) is 41.7 Å². The molecule has 2 aliphatic rings. The molecule has 1 aliphatic carbocycles. The van der Waals surface area contributed by atoms with Crippen LogP contribution in [0.5, 0.6) is 5.75 Å². The Morgan fingerprint density at radius 1 is 1.18 bits per heavy atom. The molecule has 6 nitrogen and oxygen atoms in total. The van der Waals surface area contributed by atoms with Gasteiger partial charge in [0.15, 0.2) is 5.78 Å². The molecule has 6 heteroatoms. The molecule has 0 saturated heterocycles. The summed E-state index contributed by atoms with van der Waals surface area (Å²) in [5.41, 5.74) is 3.47. The highest BCUT2D eigenvalue weighted by Gasteiger charge is 2.41. The van der Waals surface area contributed by atoms with Crippen LogP contribution >= 0.6 is 0 Å². The van der Waals surface area contributed by atoms with E-state index in [1.807, 2.05) is 12.1 Å². The molecule has 2 unspecified atom stereocenters. The monoisotopic (exact) mass is 376 g/mol. The summed E-state index contributed by atoms with van der Waals surface area (Å²) in [6.07, 6.45) is 4.37. The van der Waals surface area contributed by atoms with Crippen LogP contribution in [0.3, 0.4) is 0 Å². The third-order valence-electron chi connectivity index (χ3n) is 5.42. The van der Waals surface area contributed by atoms with Crippen LogP contribution in [0.2, 0.25) is 0 Å². The van der Waals surface area contributed by atoms with Gasteiger partial charge in [0.2, 0.25) is 0 Å². The van der Waals surface area contributed by atoms with Gasteiger partial charge in [-0.15, -0.1) is 0 Å². The Morgan fingerprint density at radius 2 is 1.96 bits per heavy atom. The van der Waals surface area contributed by atoms with Gasteiger partial charge < -0.3 is 15.5 Å². The van der Waals surface area contributed by atoms with E-state index in [1.165, 1.54) is 12.1 Å². The van der Waals surface area contributed by atoms with E-state index >= 15 is 0 Å². The fraction of sp³-hybridized carbons (Fsp3) is 0.227. The number of dihydropyridines is 1. The van der Waals surface area contributed by atoms with Crippen LogP contribution < -0.4 is 5.32 Å². The molecule has 2 atom stereocenters. The van der Waals surface area contributed by atoms with Crippen molar-refractivity contribution in [2.75, 3.05) is 0 Å². The molecule has 1 aliphatic heterocycles. The number of carboxylic acids is 1. The number of ketones is 1. The second-order valence-electron chi connectivity index (χ2n) is 7.20. The number of aliphatic carboxylic acids is 1. The lowest BCUT2D eigenvalue weighted by atomic mass is 9.72. The number of rotatable bonds is 3. The van der Waals surface area contributed by atoms with E-state index in [0.29, 0.717) is 29.7 Å². The van der Waals surface area contributed by atoms with Crippen molar-refractivity contribution in [1.82, 2.24) is 10.3 Å². The Morgan fingerprint density at radius 3 is 2.64 bits per heavy atom. The molecule has 4 rings (SSSR count). The molecule has 0 saturated carbocycles. The molecule has 28 heavy (non-hydrogen) atoms. The maximum absolute atomic E-state index is 13.2. The summed E-state index contributed by atoms with van der Waals surface area (Å²) in [6, 6.07) is 10.3. The van der Waals surface area contributed by atoms with Gasteiger partial charge in [0.1, 0.15) is 5.75 Å². The largest absolute Gasteiger partial charge is 0.508 e. The molecule has 2 aromatic rings. The van der Waals surface area contributed by atoms with E-state index in [2.05, 4.69) is 10.3 Å². The van der Waals surface area contributed by atoms with E-state index < -0.39 is 11.9 Å². The third kappa shape index (κ3) is 3.07. The highest BCUT2D eigenvalue weighted by molar-refractivity contribution is 6.03.